The van der Waals surface area contributed by atoms with Gasteiger partial charge >= 0.3 is 5.97 Å². The van der Waals surface area contributed by atoms with E-state index >= 15 is 0 Å². The number of hydrogen-bond donors (Lipinski definition) is 1. The van der Waals surface area contributed by atoms with Crippen molar-refractivity contribution in [3.05, 3.63) is 65.2 Å². The molecule has 1 heterocycles. The van der Waals surface area contributed by atoms with Gasteiger partial charge in [0.25, 0.3) is 0 Å². The number of halogens is 1. The van der Waals surface area contributed by atoms with Gasteiger partial charge < -0.3 is 10.0 Å². The van der Waals surface area contributed by atoms with Crippen LogP contribution in [0.15, 0.2) is 54.6 Å². The van der Waals surface area contributed by atoms with Crippen LogP contribution in [0.25, 0.3) is 0 Å². The molecule has 3 rings (SSSR count). The van der Waals surface area contributed by atoms with E-state index in [1.165, 1.54) is 5.56 Å². The molecule has 1 aliphatic rings. The number of carboxylic acid groups (broad SMARTS) is 1. The zero-order valence-electron chi connectivity index (χ0n) is 14.3. The van der Waals surface area contributed by atoms with Crippen molar-refractivity contribution in [3.8, 4) is 0 Å². The van der Waals surface area contributed by atoms with Gasteiger partial charge in [-0.3, -0.25) is 9.69 Å². The Morgan fingerprint density at radius 2 is 1.88 bits per heavy atom. The molecule has 0 aliphatic carbocycles. The molecular formula is C20H23ClN2O2. The number of rotatable bonds is 6. The Labute approximate surface area is 153 Å². The first-order valence-electron chi connectivity index (χ1n) is 8.55. The van der Waals surface area contributed by atoms with Crippen molar-refractivity contribution >= 4 is 23.3 Å². The lowest BCUT2D eigenvalue weighted by Crippen LogP contribution is -2.41. The third kappa shape index (κ3) is 4.53. The normalized spacial score (nSPS) is 20.6. The maximum Gasteiger partial charge on any atom is 0.323 e. The largest absolute Gasteiger partial charge is 0.480 e. The molecular weight excluding hydrogens is 336 g/mol. The Morgan fingerprint density at radius 1 is 1.20 bits per heavy atom. The van der Waals surface area contributed by atoms with Crippen molar-refractivity contribution < 1.29 is 9.90 Å². The summed E-state index contributed by atoms with van der Waals surface area (Å²) in [5.74, 6) is -0.816. The number of benzene rings is 2. The second-order valence-corrected chi connectivity index (χ2v) is 7.09. The van der Waals surface area contributed by atoms with Gasteiger partial charge in [0.05, 0.1) is 0 Å². The molecule has 1 aliphatic heterocycles. The smallest absolute Gasteiger partial charge is 0.323 e. The zero-order chi connectivity index (χ0) is 17.8. The van der Waals surface area contributed by atoms with Gasteiger partial charge in [0.1, 0.15) is 6.54 Å². The molecule has 4 nitrogen and oxygen atoms in total. The summed E-state index contributed by atoms with van der Waals surface area (Å²) < 4.78 is 0. The number of hydrogen-bond acceptors (Lipinski definition) is 3. The van der Waals surface area contributed by atoms with Crippen LogP contribution in [0.5, 0.6) is 0 Å². The molecule has 0 aromatic heterocycles. The summed E-state index contributed by atoms with van der Waals surface area (Å²) in [5.41, 5.74) is 2.19. The first-order chi connectivity index (χ1) is 12.0. The molecule has 2 atom stereocenters. The zero-order valence-corrected chi connectivity index (χ0v) is 15.1. The first kappa shape index (κ1) is 17.8. The molecule has 25 heavy (non-hydrogen) atoms. The predicted octanol–water partition coefficient (Wildman–Crippen LogP) is 3.89. The molecule has 1 saturated heterocycles. The molecule has 0 bridgehead atoms. The van der Waals surface area contributed by atoms with Crippen molar-refractivity contribution in [2.45, 2.75) is 32.0 Å². The number of nitrogens with zero attached hydrogens (tertiary/aromatic N) is 2. The average Bonchev–Trinajstić information content (AvgIpc) is 2.95. The molecule has 2 aromatic rings. The highest BCUT2D eigenvalue weighted by atomic mass is 35.5. The van der Waals surface area contributed by atoms with Crippen LogP contribution in [0.2, 0.25) is 5.02 Å². The Hall–Kier alpha value is -2.04. The van der Waals surface area contributed by atoms with E-state index in [1.54, 1.807) is 0 Å². The van der Waals surface area contributed by atoms with Crippen molar-refractivity contribution in [1.29, 1.82) is 0 Å². The lowest BCUT2D eigenvalue weighted by atomic mass is 10.1. The molecule has 0 amide bonds. The van der Waals surface area contributed by atoms with Crippen molar-refractivity contribution in [2.24, 2.45) is 0 Å². The number of anilines is 1. The van der Waals surface area contributed by atoms with Gasteiger partial charge in [-0.15, -0.1) is 0 Å². The molecule has 132 valence electrons. The van der Waals surface area contributed by atoms with Gasteiger partial charge in [0.15, 0.2) is 0 Å². The van der Waals surface area contributed by atoms with Crippen LogP contribution < -0.4 is 4.90 Å². The maximum absolute atomic E-state index is 11.4. The van der Waals surface area contributed by atoms with E-state index in [0.29, 0.717) is 11.1 Å². The molecule has 0 radical (unpaired) electrons. The summed E-state index contributed by atoms with van der Waals surface area (Å²) >= 11 is 5.98. The molecule has 1 N–H and O–H groups in total. The minimum atomic E-state index is -0.816. The molecule has 5 heteroatoms. The number of likely N-dealkylation sites (tertiary alicyclic amines) is 1. The number of carboxylic acids is 1. The van der Waals surface area contributed by atoms with Crippen LogP contribution in [-0.4, -0.2) is 41.1 Å². The monoisotopic (exact) mass is 358 g/mol. The summed E-state index contributed by atoms with van der Waals surface area (Å²) in [4.78, 5) is 15.8. The fourth-order valence-corrected chi connectivity index (χ4v) is 3.67. The fourth-order valence-electron chi connectivity index (χ4n) is 3.54. The maximum atomic E-state index is 11.4. The minimum Gasteiger partial charge on any atom is -0.480 e. The number of aliphatic carboxylic acids is 1. The van der Waals surface area contributed by atoms with Crippen LogP contribution in [0, 0.1) is 0 Å². The Bertz CT molecular complexity index is 705. The van der Waals surface area contributed by atoms with Crippen LogP contribution >= 0.6 is 11.6 Å². The van der Waals surface area contributed by atoms with Gasteiger partial charge in [-0.2, -0.15) is 0 Å². The highest BCUT2D eigenvalue weighted by Crippen LogP contribution is 2.28. The van der Waals surface area contributed by atoms with Gasteiger partial charge in [-0.25, -0.2) is 0 Å². The van der Waals surface area contributed by atoms with E-state index in [2.05, 4.69) is 36.1 Å². The van der Waals surface area contributed by atoms with Crippen molar-refractivity contribution in [3.63, 3.8) is 0 Å². The molecule has 0 spiro atoms. The van der Waals surface area contributed by atoms with Crippen molar-refractivity contribution in [2.75, 3.05) is 18.0 Å². The first-order valence-corrected chi connectivity index (χ1v) is 8.92. The number of carbonyl (C=O) groups is 1. The van der Waals surface area contributed by atoms with Crippen LogP contribution in [0.3, 0.4) is 0 Å². The van der Waals surface area contributed by atoms with Crippen molar-refractivity contribution in [1.82, 2.24) is 4.90 Å². The second kappa shape index (κ2) is 7.89. The summed E-state index contributed by atoms with van der Waals surface area (Å²) in [6, 6.07) is 18.4. The third-order valence-electron chi connectivity index (χ3n) is 4.81. The van der Waals surface area contributed by atoms with E-state index < -0.39 is 5.97 Å². The lowest BCUT2D eigenvalue weighted by Gasteiger charge is -2.30. The molecule has 2 unspecified atom stereocenters. The van der Waals surface area contributed by atoms with Crippen LogP contribution in [-0.2, 0) is 11.3 Å². The average molecular weight is 359 g/mol. The lowest BCUT2D eigenvalue weighted by molar-refractivity contribution is -0.135. The fraction of sp³-hybridized carbons (Fsp3) is 0.350. The molecule has 2 aromatic carbocycles. The predicted molar refractivity (Wildman–Crippen MR) is 101 cm³/mol. The van der Waals surface area contributed by atoms with Gasteiger partial charge in [0, 0.05) is 35.9 Å². The molecule has 1 fully saturated rings. The summed E-state index contributed by atoms with van der Waals surface area (Å²) in [6.07, 6.45) is 0.947. The summed E-state index contributed by atoms with van der Waals surface area (Å²) in [5, 5.41) is 10.0. The highest BCUT2D eigenvalue weighted by molar-refractivity contribution is 6.30. The van der Waals surface area contributed by atoms with Gasteiger partial charge in [0.2, 0.25) is 0 Å². The highest BCUT2D eigenvalue weighted by Gasteiger charge is 2.33. The minimum absolute atomic E-state index is 0.00179. The van der Waals surface area contributed by atoms with E-state index in [1.807, 2.05) is 35.2 Å². The van der Waals surface area contributed by atoms with E-state index in [4.69, 9.17) is 11.6 Å². The Balaban J connectivity index is 1.75. The standard InChI is InChI=1S/C20H23ClN2O2/c1-15-11-19(13-22(15)12-16-5-3-2-4-6-16)23(14-20(24)25)18-9-7-17(21)8-10-18/h2-10,15,19H,11-14H2,1H3,(H,24,25). The van der Waals surface area contributed by atoms with Crippen LogP contribution in [0.1, 0.15) is 18.9 Å². The SMILES string of the molecule is CC1CC(N(CC(=O)O)c2ccc(Cl)cc2)CN1Cc1ccccc1. The summed E-state index contributed by atoms with van der Waals surface area (Å²) in [7, 11) is 0. The van der Waals surface area contributed by atoms with E-state index in [-0.39, 0.29) is 12.6 Å². The van der Waals surface area contributed by atoms with E-state index in [9.17, 15) is 9.90 Å². The topological polar surface area (TPSA) is 43.8 Å². The van der Waals surface area contributed by atoms with Crippen LogP contribution in [0.4, 0.5) is 5.69 Å². The molecule has 0 saturated carbocycles. The van der Waals surface area contributed by atoms with Gasteiger partial charge in [-0.1, -0.05) is 41.9 Å². The Morgan fingerprint density at radius 3 is 2.52 bits per heavy atom. The Kier molecular flexibility index (Phi) is 5.61. The van der Waals surface area contributed by atoms with Gasteiger partial charge in [-0.05, 0) is 43.2 Å². The quantitative estimate of drug-likeness (QED) is 0.850. The third-order valence-corrected chi connectivity index (χ3v) is 5.07. The second-order valence-electron chi connectivity index (χ2n) is 6.65. The summed E-state index contributed by atoms with van der Waals surface area (Å²) in [6.45, 7) is 3.95. The van der Waals surface area contributed by atoms with E-state index in [0.717, 1.165) is 25.2 Å².